The van der Waals surface area contributed by atoms with Gasteiger partial charge in [-0.25, -0.2) is 4.98 Å². The van der Waals surface area contributed by atoms with Crippen LogP contribution in [0.15, 0.2) is 42.7 Å². The minimum Gasteiger partial charge on any atom is -0.481 e. The Hall–Kier alpha value is -3.46. The van der Waals surface area contributed by atoms with Crippen molar-refractivity contribution in [1.29, 1.82) is 0 Å². The molecule has 9 heteroatoms. The van der Waals surface area contributed by atoms with Crippen LogP contribution in [0.3, 0.4) is 0 Å². The second-order valence-electron chi connectivity index (χ2n) is 5.76. The molecule has 0 atom stereocenters. The van der Waals surface area contributed by atoms with E-state index in [-0.39, 0.29) is 5.91 Å². The van der Waals surface area contributed by atoms with Crippen LogP contribution in [-0.4, -0.2) is 33.2 Å². The number of benzene rings is 1. The fraction of sp³-hybridized carbons (Fsp3) is 0.111. The molecule has 0 bridgehead atoms. The number of H-pyrrole nitrogens is 1. The molecule has 0 saturated carbocycles. The second-order valence-corrected chi connectivity index (χ2v) is 6.79. The highest BCUT2D eigenvalue weighted by atomic mass is 32.1. The summed E-state index contributed by atoms with van der Waals surface area (Å²) in [4.78, 5) is 21.7. The number of aromatic nitrogens is 4. The number of nitrogens with one attached hydrogen (secondary N) is 3. The number of carbonyl (C=O) groups excluding carboxylic acids is 1. The van der Waals surface area contributed by atoms with E-state index >= 15 is 0 Å². The number of amides is 1. The van der Waals surface area contributed by atoms with Gasteiger partial charge in [0.2, 0.25) is 5.88 Å². The van der Waals surface area contributed by atoms with Gasteiger partial charge in [0, 0.05) is 11.5 Å². The van der Waals surface area contributed by atoms with Crippen molar-refractivity contribution in [2.75, 3.05) is 17.7 Å². The Morgan fingerprint density at radius 2 is 2.11 bits per heavy atom. The maximum Gasteiger partial charge on any atom is 0.267 e. The minimum absolute atomic E-state index is 0.226. The van der Waals surface area contributed by atoms with Crippen LogP contribution >= 0.6 is 11.3 Å². The smallest absolute Gasteiger partial charge is 0.267 e. The third-order valence-corrected chi connectivity index (χ3v) is 4.88. The molecule has 4 aromatic rings. The van der Waals surface area contributed by atoms with Gasteiger partial charge in [-0.05, 0) is 24.6 Å². The van der Waals surface area contributed by atoms with E-state index in [1.807, 2.05) is 25.1 Å². The van der Waals surface area contributed by atoms with Gasteiger partial charge in [-0.3, -0.25) is 9.89 Å². The lowest BCUT2D eigenvalue weighted by molar-refractivity contribution is 0.103. The molecule has 3 heterocycles. The van der Waals surface area contributed by atoms with Crippen molar-refractivity contribution in [3.63, 3.8) is 0 Å². The quantitative estimate of drug-likeness (QED) is 0.487. The van der Waals surface area contributed by atoms with Crippen LogP contribution < -0.4 is 15.4 Å². The number of fused-ring (bicyclic) bond motifs is 1. The molecule has 27 heavy (non-hydrogen) atoms. The standard InChI is InChI=1S/C18H16N6O2S/c1-10-6-7-12-11(8-20-24-12)16(10)23-17(25)13-9-19-18(27-13)22-14-4-3-5-15(21-14)26-2/h3-9H,1-2H3,(H,20,24)(H,23,25)(H,19,21,22). The van der Waals surface area contributed by atoms with Crippen LogP contribution in [0.4, 0.5) is 16.6 Å². The molecule has 0 aliphatic heterocycles. The summed E-state index contributed by atoms with van der Waals surface area (Å²) >= 11 is 1.24. The average Bonchev–Trinajstić information content (AvgIpc) is 3.33. The molecular weight excluding hydrogens is 364 g/mol. The molecule has 0 spiro atoms. The SMILES string of the molecule is COc1cccc(Nc2ncc(C(=O)Nc3c(C)ccc4[nH]ncc34)s2)n1. The zero-order chi connectivity index (χ0) is 18.8. The molecule has 1 amide bonds. The van der Waals surface area contributed by atoms with Gasteiger partial charge < -0.3 is 15.4 Å². The van der Waals surface area contributed by atoms with Crippen molar-refractivity contribution in [1.82, 2.24) is 20.2 Å². The second kappa shape index (κ2) is 7.04. The van der Waals surface area contributed by atoms with Crippen LogP contribution in [0.2, 0.25) is 0 Å². The number of anilines is 3. The number of nitrogens with zero attached hydrogens (tertiary/aromatic N) is 3. The Labute approximate surface area is 158 Å². The van der Waals surface area contributed by atoms with Crippen molar-refractivity contribution in [2.45, 2.75) is 6.92 Å². The van der Waals surface area contributed by atoms with Crippen molar-refractivity contribution >= 4 is 44.8 Å². The Bertz CT molecular complexity index is 1120. The van der Waals surface area contributed by atoms with Gasteiger partial charge in [-0.1, -0.05) is 23.5 Å². The van der Waals surface area contributed by atoms with Gasteiger partial charge in [0.05, 0.1) is 30.7 Å². The Balaban J connectivity index is 1.53. The number of hydrogen-bond donors (Lipinski definition) is 3. The summed E-state index contributed by atoms with van der Waals surface area (Å²) in [6.45, 7) is 1.94. The molecule has 4 rings (SSSR count). The lowest BCUT2D eigenvalue weighted by atomic mass is 10.1. The highest BCUT2D eigenvalue weighted by molar-refractivity contribution is 7.17. The van der Waals surface area contributed by atoms with Crippen molar-refractivity contribution < 1.29 is 9.53 Å². The molecule has 136 valence electrons. The van der Waals surface area contributed by atoms with E-state index in [1.54, 1.807) is 25.4 Å². The summed E-state index contributed by atoms with van der Waals surface area (Å²) in [7, 11) is 1.56. The molecule has 0 aliphatic carbocycles. The molecule has 0 radical (unpaired) electrons. The fourth-order valence-electron chi connectivity index (χ4n) is 2.61. The maximum atomic E-state index is 12.7. The van der Waals surface area contributed by atoms with Gasteiger partial charge in [-0.2, -0.15) is 10.1 Å². The van der Waals surface area contributed by atoms with Crippen LogP contribution in [0.1, 0.15) is 15.2 Å². The first-order valence-electron chi connectivity index (χ1n) is 8.12. The molecular formula is C18H16N6O2S. The summed E-state index contributed by atoms with van der Waals surface area (Å²) in [6.07, 6.45) is 3.24. The number of aryl methyl sites for hydroxylation is 1. The van der Waals surface area contributed by atoms with Crippen LogP contribution in [0.5, 0.6) is 5.88 Å². The van der Waals surface area contributed by atoms with Gasteiger partial charge in [-0.15, -0.1) is 0 Å². The fourth-order valence-corrected chi connectivity index (χ4v) is 3.33. The highest BCUT2D eigenvalue weighted by Gasteiger charge is 2.15. The summed E-state index contributed by atoms with van der Waals surface area (Å²) in [5.41, 5.74) is 2.57. The maximum absolute atomic E-state index is 12.7. The number of rotatable bonds is 5. The predicted molar refractivity (Wildman–Crippen MR) is 105 cm³/mol. The largest absolute Gasteiger partial charge is 0.481 e. The van der Waals surface area contributed by atoms with E-state index in [1.165, 1.54) is 17.5 Å². The number of methoxy groups -OCH3 is 1. The number of thiazole rings is 1. The molecule has 3 aromatic heterocycles. The zero-order valence-electron chi connectivity index (χ0n) is 14.6. The van der Waals surface area contributed by atoms with Crippen molar-refractivity contribution in [2.24, 2.45) is 0 Å². The van der Waals surface area contributed by atoms with Gasteiger partial charge >= 0.3 is 0 Å². The van der Waals surface area contributed by atoms with E-state index in [0.29, 0.717) is 21.7 Å². The summed E-state index contributed by atoms with van der Waals surface area (Å²) in [6, 6.07) is 9.24. The number of aromatic amines is 1. The first kappa shape index (κ1) is 17.0. The lowest BCUT2D eigenvalue weighted by Crippen LogP contribution is -2.11. The molecule has 0 saturated heterocycles. The van der Waals surface area contributed by atoms with Gasteiger partial charge in [0.25, 0.3) is 5.91 Å². The van der Waals surface area contributed by atoms with E-state index in [4.69, 9.17) is 4.74 Å². The Morgan fingerprint density at radius 3 is 2.96 bits per heavy atom. The van der Waals surface area contributed by atoms with E-state index in [0.717, 1.165) is 22.2 Å². The topological polar surface area (TPSA) is 105 Å². The third-order valence-electron chi connectivity index (χ3n) is 3.97. The van der Waals surface area contributed by atoms with Gasteiger partial charge in [0.15, 0.2) is 5.13 Å². The van der Waals surface area contributed by atoms with Crippen LogP contribution in [0.25, 0.3) is 10.9 Å². The first-order valence-corrected chi connectivity index (χ1v) is 8.93. The summed E-state index contributed by atoms with van der Waals surface area (Å²) in [5, 5.41) is 14.4. The minimum atomic E-state index is -0.226. The highest BCUT2D eigenvalue weighted by Crippen LogP contribution is 2.28. The van der Waals surface area contributed by atoms with E-state index in [9.17, 15) is 4.79 Å². The van der Waals surface area contributed by atoms with E-state index in [2.05, 4.69) is 30.8 Å². The first-order chi connectivity index (χ1) is 13.1. The third kappa shape index (κ3) is 3.44. The zero-order valence-corrected chi connectivity index (χ0v) is 15.4. The normalized spacial score (nSPS) is 10.7. The van der Waals surface area contributed by atoms with Gasteiger partial charge in [0.1, 0.15) is 10.7 Å². The summed E-state index contributed by atoms with van der Waals surface area (Å²) in [5.74, 6) is 0.865. The van der Waals surface area contributed by atoms with Crippen molar-refractivity contribution in [3.05, 3.63) is 53.2 Å². The van der Waals surface area contributed by atoms with Crippen LogP contribution in [-0.2, 0) is 0 Å². The summed E-state index contributed by atoms with van der Waals surface area (Å²) < 4.78 is 5.10. The molecule has 1 aromatic carbocycles. The predicted octanol–water partition coefficient (Wildman–Crippen LogP) is 3.73. The molecule has 3 N–H and O–H groups in total. The monoisotopic (exact) mass is 380 g/mol. The molecule has 0 fully saturated rings. The van der Waals surface area contributed by atoms with E-state index < -0.39 is 0 Å². The number of pyridine rings is 1. The van der Waals surface area contributed by atoms with Crippen LogP contribution in [0, 0.1) is 6.92 Å². The molecule has 0 unspecified atom stereocenters. The molecule has 0 aliphatic rings. The number of hydrogen-bond acceptors (Lipinski definition) is 7. The average molecular weight is 380 g/mol. The number of carbonyl (C=O) groups is 1. The molecule has 8 nitrogen and oxygen atoms in total. The lowest BCUT2D eigenvalue weighted by Gasteiger charge is -2.08. The Morgan fingerprint density at radius 1 is 1.22 bits per heavy atom. The Kier molecular flexibility index (Phi) is 4.43. The van der Waals surface area contributed by atoms with Crippen molar-refractivity contribution in [3.8, 4) is 5.88 Å². The number of ether oxygens (including phenoxy) is 1.